The Morgan fingerprint density at radius 1 is 1.60 bits per heavy atom. The molecule has 1 rings (SSSR count). The van der Waals surface area contributed by atoms with Crippen molar-refractivity contribution >= 4 is 6.21 Å². The van der Waals surface area contributed by atoms with Crippen LogP contribution in [0.5, 0.6) is 0 Å². The first-order valence-electron chi connectivity index (χ1n) is 3.48. The van der Waals surface area contributed by atoms with Crippen LogP contribution in [0.15, 0.2) is 4.99 Å². The van der Waals surface area contributed by atoms with E-state index in [1.165, 1.54) is 6.42 Å². The molecule has 1 radical (unpaired) electrons. The van der Waals surface area contributed by atoms with Gasteiger partial charge in [0.05, 0.1) is 0 Å². The fraction of sp³-hybridized carbons (Fsp3) is 0.625. The molecule has 0 spiro atoms. The number of rotatable bonds is 1. The Morgan fingerprint density at radius 2 is 2.30 bits per heavy atom. The summed E-state index contributed by atoms with van der Waals surface area (Å²) in [4.78, 5) is 4.21. The summed E-state index contributed by atoms with van der Waals surface area (Å²) in [6.07, 6.45) is 5.29. The first-order chi connectivity index (χ1) is 4.34. The van der Waals surface area contributed by atoms with Gasteiger partial charge in [0.1, 0.15) is 0 Å². The summed E-state index contributed by atoms with van der Waals surface area (Å²) in [5.74, 6) is 0.634. The minimum atomic E-state index is 0. The molecule has 0 aliphatic carbocycles. The second-order valence-corrected chi connectivity index (χ2v) is 2.53. The van der Waals surface area contributed by atoms with Gasteiger partial charge in [-0.1, -0.05) is 12.0 Å². The van der Waals surface area contributed by atoms with E-state index in [1.807, 2.05) is 6.21 Å². The van der Waals surface area contributed by atoms with Crippen LogP contribution in [0.3, 0.4) is 0 Å². The molecule has 0 aromatic rings. The molecule has 2 atom stereocenters. The van der Waals surface area contributed by atoms with Crippen molar-refractivity contribution in [1.82, 2.24) is 0 Å². The van der Waals surface area contributed by atoms with E-state index in [0.717, 1.165) is 12.8 Å². The number of aliphatic imine (C=N–C) groups is 1. The van der Waals surface area contributed by atoms with Crippen molar-refractivity contribution in [2.24, 2.45) is 10.9 Å². The molecular weight excluding hydrogens is 199 g/mol. The van der Waals surface area contributed by atoms with Crippen LogP contribution >= 0.6 is 0 Å². The zero-order valence-electron chi connectivity index (χ0n) is 6.29. The Hall–Kier alpha value is 0.774. The van der Waals surface area contributed by atoms with Gasteiger partial charge in [0.25, 0.3) is 0 Å². The molecule has 0 saturated carbocycles. The van der Waals surface area contributed by atoms with E-state index in [1.54, 1.807) is 0 Å². The van der Waals surface area contributed by atoms with Crippen molar-refractivity contribution in [3.8, 4) is 0 Å². The van der Waals surface area contributed by atoms with Gasteiger partial charge in [-0.3, -0.25) is 0 Å². The molecule has 0 saturated heterocycles. The SMILES string of the molecule is [CH2-]CC1CCC=NC1[CH2-].[Y]. The summed E-state index contributed by atoms with van der Waals surface area (Å²) < 4.78 is 0. The molecule has 1 heterocycles. The van der Waals surface area contributed by atoms with E-state index in [-0.39, 0.29) is 38.8 Å². The predicted molar refractivity (Wildman–Crippen MR) is 40.3 cm³/mol. The minimum Gasteiger partial charge on any atom is -0.343 e. The molecule has 2 heteroatoms. The number of hydrogen-bond donors (Lipinski definition) is 0. The molecule has 1 aliphatic rings. The summed E-state index contributed by atoms with van der Waals surface area (Å²) in [6, 6.07) is 0.274. The Balaban J connectivity index is 0.000000810. The molecule has 0 N–H and O–H groups in total. The maximum absolute atomic E-state index is 4.21. The van der Waals surface area contributed by atoms with E-state index < -0.39 is 0 Å². The Labute approximate surface area is 88.6 Å². The number of hydrogen-bond acceptors (Lipinski definition) is 1. The Kier molecular flexibility index (Phi) is 5.85. The summed E-state index contributed by atoms with van der Waals surface area (Å²) in [5, 5.41) is 0. The molecule has 0 aromatic carbocycles. The molecule has 10 heavy (non-hydrogen) atoms. The van der Waals surface area contributed by atoms with E-state index in [2.05, 4.69) is 18.8 Å². The standard InChI is InChI=1S/C8H13N.Y/c1-3-8-5-4-6-9-7(8)2;/h6-8H,1-5H2;/q-2;. The van der Waals surface area contributed by atoms with E-state index in [0.29, 0.717) is 5.92 Å². The second kappa shape index (κ2) is 5.43. The largest absolute Gasteiger partial charge is 0.343 e. The molecule has 0 fully saturated rings. The fourth-order valence-electron chi connectivity index (χ4n) is 1.15. The average Bonchev–Trinajstić information content (AvgIpc) is 1.89. The van der Waals surface area contributed by atoms with Gasteiger partial charge in [0.2, 0.25) is 0 Å². The van der Waals surface area contributed by atoms with Crippen LogP contribution in [-0.4, -0.2) is 12.3 Å². The summed E-state index contributed by atoms with van der Waals surface area (Å²) in [6.45, 7) is 7.76. The van der Waals surface area contributed by atoms with E-state index in [4.69, 9.17) is 0 Å². The molecule has 2 unspecified atom stereocenters. The first kappa shape index (κ1) is 10.8. The molecule has 0 aromatic heterocycles. The molecule has 55 valence electrons. The van der Waals surface area contributed by atoms with Crippen LogP contribution in [0.25, 0.3) is 0 Å². The van der Waals surface area contributed by atoms with Crippen LogP contribution in [0.1, 0.15) is 19.3 Å². The average molecular weight is 212 g/mol. The molecule has 1 aliphatic heterocycles. The Bertz CT molecular complexity index is 112. The van der Waals surface area contributed by atoms with Gasteiger partial charge in [-0.25, -0.2) is 0 Å². The van der Waals surface area contributed by atoms with Crippen LogP contribution in [0.2, 0.25) is 0 Å². The predicted octanol–water partition coefficient (Wildman–Crippen LogP) is 1.89. The van der Waals surface area contributed by atoms with Gasteiger partial charge < -0.3 is 18.8 Å². The quantitative estimate of drug-likeness (QED) is 0.588. The van der Waals surface area contributed by atoms with Gasteiger partial charge in [-0.15, -0.1) is 0 Å². The molecule has 0 amide bonds. The minimum absolute atomic E-state index is 0. The second-order valence-electron chi connectivity index (χ2n) is 2.53. The third kappa shape index (κ3) is 2.79. The van der Waals surface area contributed by atoms with Gasteiger partial charge in [0, 0.05) is 32.7 Å². The fourth-order valence-corrected chi connectivity index (χ4v) is 1.15. The van der Waals surface area contributed by atoms with Crippen LogP contribution < -0.4 is 0 Å². The maximum atomic E-state index is 4.21. The van der Waals surface area contributed by atoms with Crippen molar-refractivity contribution in [1.29, 1.82) is 0 Å². The van der Waals surface area contributed by atoms with Crippen molar-refractivity contribution in [3.05, 3.63) is 13.8 Å². The monoisotopic (exact) mass is 212 g/mol. The summed E-state index contributed by atoms with van der Waals surface area (Å²) in [5.41, 5.74) is 0. The van der Waals surface area contributed by atoms with Gasteiger partial charge >= 0.3 is 0 Å². The van der Waals surface area contributed by atoms with Gasteiger partial charge in [-0.05, 0) is 19.1 Å². The molecule has 1 nitrogen and oxygen atoms in total. The van der Waals surface area contributed by atoms with E-state index in [9.17, 15) is 0 Å². The molecular formula is C8H13NY-2. The van der Waals surface area contributed by atoms with Crippen molar-refractivity contribution < 1.29 is 32.7 Å². The van der Waals surface area contributed by atoms with Crippen molar-refractivity contribution in [3.63, 3.8) is 0 Å². The third-order valence-corrected chi connectivity index (χ3v) is 1.88. The van der Waals surface area contributed by atoms with Gasteiger partial charge in [0.15, 0.2) is 0 Å². The first-order valence-corrected chi connectivity index (χ1v) is 3.48. The summed E-state index contributed by atoms with van der Waals surface area (Å²) in [7, 11) is 0. The van der Waals surface area contributed by atoms with Gasteiger partial charge in [-0.2, -0.15) is 6.42 Å². The van der Waals surface area contributed by atoms with Crippen molar-refractivity contribution in [2.75, 3.05) is 0 Å². The Morgan fingerprint density at radius 3 is 2.70 bits per heavy atom. The molecule has 0 bridgehead atoms. The van der Waals surface area contributed by atoms with Crippen molar-refractivity contribution in [2.45, 2.75) is 25.3 Å². The topological polar surface area (TPSA) is 12.4 Å². The third-order valence-electron chi connectivity index (χ3n) is 1.88. The van der Waals surface area contributed by atoms with Crippen LogP contribution in [0, 0.1) is 19.8 Å². The smallest absolute Gasteiger partial charge is 0 e. The zero-order chi connectivity index (χ0) is 6.69. The van der Waals surface area contributed by atoms with Crippen LogP contribution in [0.4, 0.5) is 0 Å². The van der Waals surface area contributed by atoms with Crippen LogP contribution in [-0.2, 0) is 32.7 Å². The van der Waals surface area contributed by atoms with E-state index >= 15 is 0 Å². The normalized spacial score (nSPS) is 31.4. The number of nitrogens with zero attached hydrogens (tertiary/aromatic N) is 1. The zero-order valence-corrected chi connectivity index (χ0v) is 9.13. The maximum Gasteiger partial charge on any atom is 0 e. The summed E-state index contributed by atoms with van der Waals surface area (Å²) >= 11 is 0.